The highest BCUT2D eigenvalue weighted by molar-refractivity contribution is 9.10. The number of halogens is 1. The molecule has 2 unspecified atom stereocenters. The highest BCUT2D eigenvalue weighted by Crippen LogP contribution is 2.39. The molecule has 0 aromatic heterocycles. The van der Waals surface area contributed by atoms with Gasteiger partial charge in [0.15, 0.2) is 0 Å². The van der Waals surface area contributed by atoms with Crippen LogP contribution < -0.4 is 14.8 Å². The van der Waals surface area contributed by atoms with E-state index in [0.29, 0.717) is 34.5 Å². The van der Waals surface area contributed by atoms with Crippen molar-refractivity contribution in [3.05, 3.63) is 16.6 Å². The Balaban J connectivity index is 2.16. The lowest BCUT2D eigenvalue weighted by atomic mass is 9.73. The second-order valence-electron chi connectivity index (χ2n) is 4.81. The lowest BCUT2D eigenvalue weighted by Crippen LogP contribution is -2.41. The molecule has 6 nitrogen and oxygen atoms in total. The molecular formula is C14H16BrNO5. The van der Waals surface area contributed by atoms with Crippen molar-refractivity contribution in [2.75, 3.05) is 19.5 Å². The number of ether oxygens (including phenoxy) is 2. The van der Waals surface area contributed by atoms with Crippen LogP contribution in [0.2, 0.25) is 0 Å². The second kappa shape index (κ2) is 6.34. The zero-order valence-electron chi connectivity index (χ0n) is 11.7. The number of nitrogens with one attached hydrogen (secondary N) is 1. The fourth-order valence-corrected chi connectivity index (χ4v) is 2.84. The molecule has 2 N–H and O–H groups in total. The van der Waals surface area contributed by atoms with E-state index >= 15 is 0 Å². The van der Waals surface area contributed by atoms with Gasteiger partial charge in [0.2, 0.25) is 5.91 Å². The summed E-state index contributed by atoms with van der Waals surface area (Å²) in [5.41, 5.74) is 0.507. The van der Waals surface area contributed by atoms with E-state index in [9.17, 15) is 9.59 Å². The van der Waals surface area contributed by atoms with Gasteiger partial charge in [-0.15, -0.1) is 0 Å². The zero-order chi connectivity index (χ0) is 15.6. The van der Waals surface area contributed by atoms with E-state index in [4.69, 9.17) is 14.6 Å². The van der Waals surface area contributed by atoms with E-state index in [2.05, 4.69) is 21.2 Å². The fraction of sp³-hybridized carbons (Fsp3) is 0.429. The van der Waals surface area contributed by atoms with Gasteiger partial charge >= 0.3 is 5.97 Å². The van der Waals surface area contributed by atoms with Gasteiger partial charge in [-0.25, -0.2) is 0 Å². The highest BCUT2D eigenvalue weighted by Gasteiger charge is 2.41. The Morgan fingerprint density at radius 3 is 2.10 bits per heavy atom. The number of carbonyl (C=O) groups is 2. The predicted molar refractivity (Wildman–Crippen MR) is 79.7 cm³/mol. The number of carboxylic acids is 1. The molecule has 1 saturated carbocycles. The second-order valence-corrected chi connectivity index (χ2v) is 5.61. The minimum absolute atomic E-state index is 0.292. The summed E-state index contributed by atoms with van der Waals surface area (Å²) in [6.45, 7) is 0. The maximum atomic E-state index is 12.1. The molecule has 0 saturated heterocycles. The minimum atomic E-state index is -0.924. The number of aliphatic carboxylic acids is 1. The van der Waals surface area contributed by atoms with Crippen LogP contribution in [0, 0.1) is 11.8 Å². The van der Waals surface area contributed by atoms with Gasteiger partial charge in [-0.1, -0.05) is 0 Å². The largest absolute Gasteiger partial charge is 0.495 e. The average molecular weight is 358 g/mol. The third-order valence-electron chi connectivity index (χ3n) is 3.64. The number of benzene rings is 1. The van der Waals surface area contributed by atoms with Crippen molar-refractivity contribution in [1.82, 2.24) is 0 Å². The van der Waals surface area contributed by atoms with E-state index in [0.717, 1.165) is 0 Å². The Hall–Kier alpha value is -1.76. The Morgan fingerprint density at radius 2 is 1.71 bits per heavy atom. The van der Waals surface area contributed by atoms with Crippen molar-refractivity contribution in [3.63, 3.8) is 0 Å². The molecule has 0 radical (unpaired) electrons. The molecule has 1 aliphatic rings. The van der Waals surface area contributed by atoms with Crippen LogP contribution in [0.3, 0.4) is 0 Å². The van der Waals surface area contributed by atoms with Gasteiger partial charge in [-0.05, 0) is 28.8 Å². The van der Waals surface area contributed by atoms with Crippen molar-refractivity contribution < 1.29 is 24.2 Å². The zero-order valence-corrected chi connectivity index (χ0v) is 13.3. The van der Waals surface area contributed by atoms with Gasteiger partial charge in [0.25, 0.3) is 0 Å². The Labute approximate surface area is 130 Å². The van der Waals surface area contributed by atoms with Crippen LogP contribution in [0.4, 0.5) is 5.69 Å². The minimum Gasteiger partial charge on any atom is -0.495 e. The number of methoxy groups -OCH3 is 2. The van der Waals surface area contributed by atoms with Crippen LogP contribution in [0.5, 0.6) is 11.5 Å². The number of hydrogen-bond donors (Lipinski definition) is 2. The monoisotopic (exact) mass is 357 g/mol. The van der Waals surface area contributed by atoms with Crippen LogP contribution in [0.25, 0.3) is 0 Å². The Morgan fingerprint density at radius 1 is 1.19 bits per heavy atom. The van der Waals surface area contributed by atoms with Gasteiger partial charge < -0.3 is 19.9 Å². The summed E-state index contributed by atoms with van der Waals surface area (Å²) in [7, 11) is 3.02. The molecule has 1 aliphatic carbocycles. The van der Waals surface area contributed by atoms with E-state index < -0.39 is 17.8 Å². The molecule has 1 fully saturated rings. The summed E-state index contributed by atoms with van der Waals surface area (Å²) in [5, 5.41) is 11.7. The van der Waals surface area contributed by atoms with Gasteiger partial charge in [-0.3, -0.25) is 9.59 Å². The fourth-order valence-electron chi connectivity index (χ4n) is 2.29. The molecule has 7 heteroatoms. The predicted octanol–water partition coefficient (Wildman–Crippen LogP) is 2.52. The molecule has 0 heterocycles. The van der Waals surface area contributed by atoms with Crippen molar-refractivity contribution in [3.8, 4) is 11.5 Å². The molecule has 21 heavy (non-hydrogen) atoms. The molecule has 1 aromatic rings. The van der Waals surface area contributed by atoms with Crippen LogP contribution in [0.1, 0.15) is 12.8 Å². The summed E-state index contributed by atoms with van der Waals surface area (Å²) in [6.07, 6.45) is 1.13. The lowest BCUT2D eigenvalue weighted by Gasteiger charge is -2.32. The number of carboxylic acid groups (broad SMARTS) is 1. The Kier molecular flexibility index (Phi) is 4.72. The lowest BCUT2D eigenvalue weighted by molar-refractivity contribution is -0.151. The number of anilines is 1. The quantitative estimate of drug-likeness (QED) is 0.845. The SMILES string of the molecule is COc1cc(NC(=O)C2CCC2C(=O)O)cc(OC)c1Br. The summed E-state index contributed by atoms with van der Waals surface area (Å²) in [6, 6.07) is 3.30. The topological polar surface area (TPSA) is 84.9 Å². The molecule has 0 bridgehead atoms. The van der Waals surface area contributed by atoms with E-state index in [1.165, 1.54) is 14.2 Å². The van der Waals surface area contributed by atoms with Gasteiger partial charge in [-0.2, -0.15) is 0 Å². The summed E-state index contributed by atoms with van der Waals surface area (Å²) < 4.78 is 11.0. The summed E-state index contributed by atoms with van der Waals surface area (Å²) in [5.74, 6) is -1.25. The van der Waals surface area contributed by atoms with Gasteiger partial charge in [0.1, 0.15) is 16.0 Å². The van der Waals surface area contributed by atoms with Crippen LogP contribution in [-0.4, -0.2) is 31.2 Å². The first-order valence-corrected chi connectivity index (χ1v) is 7.22. The maximum Gasteiger partial charge on any atom is 0.307 e. The first-order chi connectivity index (χ1) is 9.97. The van der Waals surface area contributed by atoms with Crippen LogP contribution in [-0.2, 0) is 9.59 Å². The number of hydrogen-bond acceptors (Lipinski definition) is 4. The molecule has 114 valence electrons. The first kappa shape index (κ1) is 15.6. The molecule has 2 rings (SSSR count). The third kappa shape index (κ3) is 3.12. The molecular weight excluding hydrogens is 342 g/mol. The molecule has 1 amide bonds. The van der Waals surface area contributed by atoms with Crippen molar-refractivity contribution in [1.29, 1.82) is 0 Å². The average Bonchev–Trinajstić information content (AvgIpc) is 2.38. The normalized spacial score (nSPS) is 20.3. The number of rotatable bonds is 5. The van der Waals surface area contributed by atoms with E-state index in [1.54, 1.807) is 12.1 Å². The molecule has 2 atom stereocenters. The molecule has 0 aliphatic heterocycles. The number of amides is 1. The first-order valence-electron chi connectivity index (χ1n) is 6.43. The van der Waals surface area contributed by atoms with E-state index in [-0.39, 0.29) is 5.91 Å². The van der Waals surface area contributed by atoms with Gasteiger partial charge in [0.05, 0.1) is 26.1 Å². The number of carbonyl (C=O) groups excluding carboxylic acids is 1. The Bertz CT molecular complexity index is 549. The van der Waals surface area contributed by atoms with E-state index in [1.807, 2.05) is 0 Å². The standard InChI is InChI=1S/C14H16BrNO5/c1-20-10-5-7(6-11(21-2)12(10)15)16-13(17)8-3-4-9(8)14(18)19/h5-6,8-9H,3-4H2,1-2H3,(H,16,17)(H,18,19). The summed E-state index contributed by atoms with van der Waals surface area (Å²) in [4.78, 5) is 23.1. The van der Waals surface area contributed by atoms with Crippen molar-refractivity contribution in [2.45, 2.75) is 12.8 Å². The van der Waals surface area contributed by atoms with Crippen molar-refractivity contribution in [2.24, 2.45) is 11.8 Å². The molecule has 0 spiro atoms. The third-order valence-corrected chi connectivity index (χ3v) is 4.42. The van der Waals surface area contributed by atoms with Crippen molar-refractivity contribution >= 4 is 33.5 Å². The van der Waals surface area contributed by atoms with Crippen LogP contribution >= 0.6 is 15.9 Å². The smallest absolute Gasteiger partial charge is 0.307 e. The van der Waals surface area contributed by atoms with Gasteiger partial charge in [0, 0.05) is 17.8 Å². The van der Waals surface area contributed by atoms with Crippen LogP contribution in [0.15, 0.2) is 16.6 Å². The molecule has 1 aromatic carbocycles. The maximum absolute atomic E-state index is 12.1. The summed E-state index contributed by atoms with van der Waals surface area (Å²) >= 11 is 3.34. The highest BCUT2D eigenvalue weighted by atomic mass is 79.9.